The summed E-state index contributed by atoms with van der Waals surface area (Å²) < 4.78 is 12.9. The molecule has 0 aliphatic heterocycles. The van der Waals surface area contributed by atoms with Gasteiger partial charge in [-0.3, -0.25) is 0 Å². The average Bonchev–Trinajstić information content (AvgIpc) is 2.01. The fraction of sp³-hybridized carbons (Fsp3) is 0.333. The first-order valence-corrected chi connectivity index (χ1v) is 3.85. The van der Waals surface area contributed by atoms with Crippen LogP contribution >= 0.6 is 0 Å². The molecular weight excluding hydrogens is 158 g/mol. The van der Waals surface area contributed by atoms with Crippen LogP contribution in [0.1, 0.15) is 18.9 Å². The molecule has 1 aromatic rings. The van der Waals surface area contributed by atoms with Crippen molar-refractivity contribution in [3.05, 3.63) is 23.5 Å². The van der Waals surface area contributed by atoms with Crippen molar-refractivity contribution < 1.29 is 14.6 Å². The van der Waals surface area contributed by atoms with E-state index in [9.17, 15) is 4.39 Å². The lowest BCUT2D eigenvalue weighted by Crippen LogP contribution is -1.88. The van der Waals surface area contributed by atoms with E-state index in [2.05, 4.69) is 0 Å². The highest BCUT2D eigenvalue weighted by molar-refractivity contribution is 5.41. The molecule has 2 N–H and O–H groups in total. The van der Waals surface area contributed by atoms with Crippen molar-refractivity contribution in [2.75, 3.05) is 0 Å². The molecule has 0 bridgehead atoms. The minimum Gasteiger partial charge on any atom is -0.504 e. The highest BCUT2D eigenvalue weighted by Crippen LogP contribution is 2.27. The van der Waals surface area contributed by atoms with Gasteiger partial charge in [0.05, 0.1) is 0 Å². The first-order valence-electron chi connectivity index (χ1n) is 3.85. The fourth-order valence-electron chi connectivity index (χ4n) is 1.06. The number of phenols is 2. The summed E-state index contributed by atoms with van der Waals surface area (Å²) in [5, 5.41) is 17.9. The molecule has 1 aromatic carbocycles. The van der Waals surface area contributed by atoms with E-state index in [1.807, 2.05) is 6.92 Å². The van der Waals surface area contributed by atoms with Crippen LogP contribution in [-0.2, 0) is 6.42 Å². The van der Waals surface area contributed by atoms with Crippen LogP contribution in [0.5, 0.6) is 11.5 Å². The Labute approximate surface area is 70.3 Å². The zero-order chi connectivity index (χ0) is 9.14. The summed E-state index contributed by atoms with van der Waals surface area (Å²) in [6.07, 6.45) is 1.38. The van der Waals surface area contributed by atoms with Crippen molar-refractivity contribution in [3.8, 4) is 11.5 Å². The molecular formula is C9H11FO2. The van der Waals surface area contributed by atoms with E-state index in [1.165, 1.54) is 6.07 Å². The molecule has 0 aliphatic rings. The first kappa shape index (κ1) is 8.84. The molecule has 0 heterocycles. The summed E-state index contributed by atoms with van der Waals surface area (Å²) in [5.41, 5.74) is 0.438. The van der Waals surface area contributed by atoms with E-state index in [1.54, 1.807) is 0 Å². The third-order valence-corrected chi connectivity index (χ3v) is 1.66. The normalized spacial score (nSPS) is 10.2. The topological polar surface area (TPSA) is 40.5 Å². The van der Waals surface area contributed by atoms with Crippen LogP contribution in [0.15, 0.2) is 12.1 Å². The lowest BCUT2D eigenvalue weighted by molar-refractivity contribution is 0.398. The lowest BCUT2D eigenvalue weighted by Gasteiger charge is -2.03. The van der Waals surface area contributed by atoms with Gasteiger partial charge in [-0.2, -0.15) is 0 Å². The SMILES string of the molecule is CCCc1cc(O)c(O)cc1[18F]. The van der Waals surface area contributed by atoms with E-state index in [0.29, 0.717) is 12.0 Å². The van der Waals surface area contributed by atoms with Crippen molar-refractivity contribution in [1.29, 1.82) is 0 Å². The van der Waals surface area contributed by atoms with Crippen LogP contribution in [0.2, 0.25) is 0 Å². The molecule has 0 saturated carbocycles. The van der Waals surface area contributed by atoms with Crippen LogP contribution in [0, 0.1) is 5.82 Å². The number of benzene rings is 1. The van der Waals surface area contributed by atoms with Gasteiger partial charge in [-0.15, -0.1) is 0 Å². The van der Waals surface area contributed by atoms with Gasteiger partial charge in [0.1, 0.15) is 5.82 Å². The summed E-state index contributed by atoms with van der Waals surface area (Å²) in [5.74, 6) is -1.14. The third kappa shape index (κ3) is 1.67. The molecule has 2 nitrogen and oxygen atoms in total. The quantitative estimate of drug-likeness (QED) is 0.666. The first-order chi connectivity index (χ1) is 5.65. The van der Waals surface area contributed by atoms with E-state index in [4.69, 9.17) is 10.2 Å². The van der Waals surface area contributed by atoms with Crippen molar-refractivity contribution in [2.45, 2.75) is 19.8 Å². The largest absolute Gasteiger partial charge is 0.504 e. The van der Waals surface area contributed by atoms with Gasteiger partial charge < -0.3 is 10.2 Å². The fourth-order valence-corrected chi connectivity index (χ4v) is 1.06. The predicted molar refractivity (Wildman–Crippen MR) is 43.7 cm³/mol. The molecule has 0 fully saturated rings. The van der Waals surface area contributed by atoms with Crippen LogP contribution in [0.3, 0.4) is 0 Å². The monoisotopic (exact) mass is 169 g/mol. The van der Waals surface area contributed by atoms with Gasteiger partial charge in [-0.25, -0.2) is 4.39 Å². The molecule has 66 valence electrons. The van der Waals surface area contributed by atoms with Gasteiger partial charge >= 0.3 is 0 Å². The highest BCUT2D eigenvalue weighted by Gasteiger charge is 2.06. The molecule has 0 spiro atoms. The molecule has 1 rings (SSSR count). The number of phenolic OH excluding ortho intramolecular Hbond substituents is 2. The van der Waals surface area contributed by atoms with Crippen LogP contribution in [0.25, 0.3) is 0 Å². The third-order valence-electron chi connectivity index (χ3n) is 1.66. The molecule has 0 amide bonds. The minimum atomic E-state index is -0.466. The van der Waals surface area contributed by atoms with Crippen LogP contribution < -0.4 is 0 Å². The Balaban J connectivity index is 3.05. The highest BCUT2D eigenvalue weighted by atomic mass is 18.2. The van der Waals surface area contributed by atoms with E-state index < -0.39 is 11.6 Å². The Bertz CT molecular complexity index is 284. The Morgan fingerprint density at radius 2 is 1.83 bits per heavy atom. The standard InChI is InChI=1S/C9H11FO2/c1-2-3-6-4-8(11)9(12)5-7(6)10/h4-5,11-12H,2-3H2,1H3/i10-1. The molecule has 12 heavy (non-hydrogen) atoms. The molecule has 0 saturated heterocycles. The molecule has 0 aliphatic carbocycles. The second-order valence-electron chi connectivity index (χ2n) is 2.68. The molecule has 3 heteroatoms. The van der Waals surface area contributed by atoms with Gasteiger partial charge in [0, 0.05) is 6.07 Å². The second kappa shape index (κ2) is 3.43. The smallest absolute Gasteiger partial charge is 0.160 e. The number of halogens is 1. The summed E-state index contributed by atoms with van der Waals surface area (Å²) in [6.45, 7) is 1.92. The summed E-state index contributed by atoms with van der Waals surface area (Å²) in [7, 11) is 0. The summed E-state index contributed by atoms with van der Waals surface area (Å²) in [6, 6.07) is 2.19. The van der Waals surface area contributed by atoms with E-state index in [-0.39, 0.29) is 5.75 Å². The Morgan fingerprint density at radius 3 is 2.42 bits per heavy atom. The van der Waals surface area contributed by atoms with Crippen LogP contribution in [0.4, 0.5) is 4.39 Å². The average molecular weight is 169 g/mol. The maximum atomic E-state index is 12.9. The van der Waals surface area contributed by atoms with Gasteiger partial charge in [0.25, 0.3) is 0 Å². The minimum absolute atomic E-state index is 0.264. The Morgan fingerprint density at radius 1 is 1.25 bits per heavy atom. The molecule has 0 radical (unpaired) electrons. The zero-order valence-corrected chi connectivity index (χ0v) is 6.84. The van der Waals surface area contributed by atoms with Crippen molar-refractivity contribution in [2.24, 2.45) is 0 Å². The zero-order valence-electron chi connectivity index (χ0n) is 6.84. The number of aryl methyl sites for hydroxylation is 1. The molecule has 0 atom stereocenters. The van der Waals surface area contributed by atoms with Gasteiger partial charge in [-0.1, -0.05) is 13.3 Å². The number of rotatable bonds is 2. The predicted octanol–water partition coefficient (Wildman–Crippen LogP) is 2.19. The van der Waals surface area contributed by atoms with Gasteiger partial charge in [0.15, 0.2) is 11.5 Å². The van der Waals surface area contributed by atoms with Crippen molar-refractivity contribution >= 4 is 0 Å². The number of aromatic hydroxyl groups is 2. The number of hydrogen-bond acceptors (Lipinski definition) is 2. The van der Waals surface area contributed by atoms with E-state index in [0.717, 1.165) is 12.5 Å². The summed E-state index contributed by atoms with van der Waals surface area (Å²) >= 11 is 0. The van der Waals surface area contributed by atoms with Gasteiger partial charge in [-0.05, 0) is 18.1 Å². The maximum Gasteiger partial charge on any atom is 0.160 e. The molecule has 0 aromatic heterocycles. The van der Waals surface area contributed by atoms with Crippen LogP contribution in [-0.4, -0.2) is 10.2 Å². The lowest BCUT2D eigenvalue weighted by atomic mass is 10.1. The van der Waals surface area contributed by atoms with Crippen molar-refractivity contribution in [1.82, 2.24) is 0 Å². The van der Waals surface area contributed by atoms with Crippen molar-refractivity contribution in [3.63, 3.8) is 0 Å². The maximum absolute atomic E-state index is 12.9. The summed E-state index contributed by atoms with van der Waals surface area (Å²) in [4.78, 5) is 0. The Kier molecular flexibility index (Phi) is 2.53. The second-order valence-corrected chi connectivity index (χ2v) is 2.68. The Hall–Kier alpha value is -1.25. The number of hydrogen-bond donors (Lipinski definition) is 2. The van der Waals surface area contributed by atoms with E-state index >= 15 is 0 Å². The van der Waals surface area contributed by atoms with Gasteiger partial charge in [0.2, 0.25) is 0 Å². The molecule has 0 unspecified atom stereocenters.